The first-order valence-corrected chi connectivity index (χ1v) is 7.42. The maximum absolute atomic E-state index is 12.1. The fourth-order valence-electron chi connectivity index (χ4n) is 2.60. The van der Waals surface area contributed by atoms with Crippen molar-refractivity contribution in [2.24, 2.45) is 14.1 Å². The fraction of sp³-hybridized carbons (Fsp3) is 0.167. The predicted octanol–water partition coefficient (Wildman–Crippen LogP) is 1.82. The minimum Gasteiger partial charge on any atom is -0.506 e. The van der Waals surface area contributed by atoms with Gasteiger partial charge < -0.3 is 9.67 Å². The smallest absolute Gasteiger partial charge is 0.330 e. The summed E-state index contributed by atoms with van der Waals surface area (Å²) in [7, 11) is 3.03. The third-order valence-corrected chi connectivity index (χ3v) is 3.84. The molecule has 3 rings (SSSR count). The molecule has 0 aliphatic rings. The third-order valence-electron chi connectivity index (χ3n) is 3.84. The molecule has 3 aromatic rings. The molecule has 6 heteroatoms. The number of pyridine rings is 1. The van der Waals surface area contributed by atoms with E-state index in [-0.39, 0.29) is 17.0 Å². The molecule has 1 aromatic carbocycles. The second-order valence-corrected chi connectivity index (χ2v) is 5.77. The van der Waals surface area contributed by atoms with Crippen molar-refractivity contribution in [3.8, 4) is 5.75 Å². The van der Waals surface area contributed by atoms with Crippen molar-refractivity contribution in [2.45, 2.75) is 6.92 Å². The van der Waals surface area contributed by atoms with Gasteiger partial charge in [0.15, 0.2) is 0 Å². The number of hydrogen-bond acceptors (Lipinski definition) is 4. The van der Waals surface area contributed by atoms with Crippen LogP contribution in [0.4, 0.5) is 0 Å². The molecule has 24 heavy (non-hydrogen) atoms. The summed E-state index contributed by atoms with van der Waals surface area (Å²) in [5, 5.41) is 10.9. The molecule has 6 nitrogen and oxygen atoms in total. The summed E-state index contributed by atoms with van der Waals surface area (Å²) in [6, 6.07) is 7.28. The van der Waals surface area contributed by atoms with Crippen LogP contribution in [0, 0.1) is 6.92 Å². The van der Waals surface area contributed by atoms with Gasteiger partial charge in [-0.2, -0.15) is 0 Å². The molecule has 0 amide bonds. The topological polar surface area (TPSA) is 77.1 Å². The van der Waals surface area contributed by atoms with E-state index in [1.807, 2.05) is 25.1 Å². The Morgan fingerprint density at radius 2 is 1.88 bits per heavy atom. The van der Waals surface area contributed by atoms with Crippen molar-refractivity contribution >= 4 is 23.1 Å². The number of nitrogens with zero attached hydrogens (tertiary/aromatic N) is 3. The molecular formula is C18H17N3O3. The largest absolute Gasteiger partial charge is 0.506 e. The van der Waals surface area contributed by atoms with Crippen LogP contribution in [-0.4, -0.2) is 19.2 Å². The van der Waals surface area contributed by atoms with Crippen LogP contribution in [0.15, 0.2) is 40.1 Å². The van der Waals surface area contributed by atoms with E-state index in [1.165, 1.54) is 17.8 Å². The number of aromatic nitrogens is 3. The summed E-state index contributed by atoms with van der Waals surface area (Å²) in [6.45, 7) is 1.91. The lowest BCUT2D eigenvalue weighted by Crippen LogP contribution is -2.37. The van der Waals surface area contributed by atoms with E-state index in [4.69, 9.17) is 0 Å². The Labute approximate surface area is 138 Å². The molecule has 0 saturated carbocycles. The number of benzene rings is 1. The number of rotatable bonds is 2. The van der Waals surface area contributed by atoms with E-state index in [0.717, 1.165) is 15.5 Å². The lowest BCUT2D eigenvalue weighted by molar-refractivity contribution is 0.480. The van der Waals surface area contributed by atoms with Crippen molar-refractivity contribution in [3.05, 3.63) is 68.1 Å². The monoisotopic (exact) mass is 323 g/mol. The quantitative estimate of drug-likeness (QED) is 0.780. The molecule has 0 fully saturated rings. The van der Waals surface area contributed by atoms with Crippen molar-refractivity contribution in [1.82, 2.24) is 14.1 Å². The van der Waals surface area contributed by atoms with Crippen LogP contribution in [0.25, 0.3) is 23.1 Å². The van der Waals surface area contributed by atoms with Gasteiger partial charge in [-0.05, 0) is 42.8 Å². The van der Waals surface area contributed by atoms with Crippen molar-refractivity contribution in [1.29, 1.82) is 0 Å². The first-order chi connectivity index (χ1) is 11.4. The molecule has 1 N–H and O–H groups in total. The van der Waals surface area contributed by atoms with Crippen LogP contribution in [0.5, 0.6) is 5.75 Å². The van der Waals surface area contributed by atoms with E-state index in [2.05, 4.69) is 4.98 Å². The molecular weight excluding hydrogens is 306 g/mol. The van der Waals surface area contributed by atoms with Gasteiger partial charge in [0.25, 0.3) is 5.56 Å². The summed E-state index contributed by atoms with van der Waals surface area (Å²) < 4.78 is 2.41. The summed E-state index contributed by atoms with van der Waals surface area (Å²) in [6.07, 6.45) is 4.78. The van der Waals surface area contributed by atoms with E-state index >= 15 is 0 Å². The third kappa shape index (κ3) is 2.74. The van der Waals surface area contributed by atoms with Gasteiger partial charge in [0.05, 0.1) is 11.3 Å². The van der Waals surface area contributed by atoms with Crippen molar-refractivity contribution in [3.63, 3.8) is 0 Å². The second-order valence-electron chi connectivity index (χ2n) is 5.77. The van der Waals surface area contributed by atoms with E-state index in [0.29, 0.717) is 16.8 Å². The Bertz CT molecular complexity index is 1090. The van der Waals surface area contributed by atoms with Gasteiger partial charge in [-0.3, -0.25) is 9.36 Å². The van der Waals surface area contributed by atoms with Gasteiger partial charge in [0, 0.05) is 25.7 Å². The average molecular weight is 323 g/mol. The lowest BCUT2D eigenvalue weighted by atomic mass is 10.1. The summed E-state index contributed by atoms with van der Waals surface area (Å²) in [5.74, 6) is 0.123. The van der Waals surface area contributed by atoms with Gasteiger partial charge in [-0.1, -0.05) is 6.07 Å². The fourth-order valence-corrected chi connectivity index (χ4v) is 2.60. The average Bonchev–Trinajstić information content (AvgIpc) is 2.55. The van der Waals surface area contributed by atoms with Gasteiger partial charge in [0.1, 0.15) is 11.3 Å². The Balaban J connectivity index is 2.06. The normalized spacial score (nSPS) is 11.5. The molecule has 122 valence electrons. The molecule has 0 unspecified atom stereocenters. The summed E-state index contributed by atoms with van der Waals surface area (Å²) >= 11 is 0. The Kier molecular flexibility index (Phi) is 3.81. The van der Waals surface area contributed by atoms with Crippen LogP contribution >= 0.6 is 0 Å². The number of fused-ring (bicyclic) bond motifs is 1. The highest BCUT2D eigenvalue weighted by molar-refractivity contribution is 5.86. The molecule has 0 aliphatic carbocycles. The number of phenolic OH excluding ortho intramolecular Hbond substituents is 1. The van der Waals surface area contributed by atoms with E-state index in [9.17, 15) is 14.7 Å². The van der Waals surface area contributed by atoms with E-state index < -0.39 is 0 Å². The molecule has 0 radical (unpaired) electrons. The molecule has 0 bridgehead atoms. The minimum atomic E-state index is -0.374. The number of aryl methyl sites for hydroxylation is 2. The molecule has 2 aromatic heterocycles. The first kappa shape index (κ1) is 15.7. The van der Waals surface area contributed by atoms with Gasteiger partial charge in [-0.15, -0.1) is 0 Å². The first-order valence-electron chi connectivity index (χ1n) is 7.42. The lowest BCUT2D eigenvalue weighted by Gasteiger charge is -2.04. The minimum absolute atomic E-state index is 0.123. The Morgan fingerprint density at radius 3 is 2.62 bits per heavy atom. The van der Waals surface area contributed by atoms with Crippen LogP contribution < -0.4 is 11.2 Å². The highest BCUT2D eigenvalue weighted by atomic mass is 16.3. The Hall–Kier alpha value is -3.15. The molecule has 2 heterocycles. The summed E-state index contributed by atoms with van der Waals surface area (Å²) in [4.78, 5) is 28.2. The molecule has 0 aliphatic heterocycles. The zero-order chi connectivity index (χ0) is 17.4. The van der Waals surface area contributed by atoms with Crippen LogP contribution in [0.3, 0.4) is 0 Å². The zero-order valence-electron chi connectivity index (χ0n) is 13.6. The maximum atomic E-state index is 12.1. The molecule has 0 atom stereocenters. The van der Waals surface area contributed by atoms with Gasteiger partial charge in [-0.25, -0.2) is 9.78 Å². The predicted molar refractivity (Wildman–Crippen MR) is 94.0 cm³/mol. The SMILES string of the molecule is Cc1cc(O)c2nc(C=Cc3cn(C)c(=O)n(C)c3=O)ccc2c1. The second kappa shape index (κ2) is 5.81. The zero-order valence-corrected chi connectivity index (χ0v) is 13.6. The van der Waals surface area contributed by atoms with E-state index in [1.54, 1.807) is 25.3 Å². The van der Waals surface area contributed by atoms with Crippen LogP contribution in [0.2, 0.25) is 0 Å². The summed E-state index contributed by atoms with van der Waals surface area (Å²) in [5.41, 5.74) is 1.72. The standard InChI is InChI=1S/C18H17N3O3/c1-11-8-12-4-6-14(19-16(12)15(22)9-11)7-5-13-10-20(2)18(24)21(3)17(13)23/h4-10,22H,1-3H3. The number of phenols is 1. The number of aromatic hydroxyl groups is 1. The maximum Gasteiger partial charge on any atom is 0.330 e. The Morgan fingerprint density at radius 1 is 1.12 bits per heavy atom. The van der Waals surface area contributed by atoms with Crippen LogP contribution in [-0.2, 0) is 14.1 Å². The number of hydrogen-bond donors (Lipinski definition) is 1. The highest BCUT2D eigenvalue weighted by Gasteiger charge is 2.05. The highest BCUT2D eigenvalue weighted by Crippen LogP contribution is 2.25. The van der Waals surface area contributed by atoms with Crippen molar-refractivity contribution < 1.29 is 5.11 Å². The van der Waals surface area contributed by atoms with Crippen molar-refractivity contribution in [2.75, 3.05) is 0 Å². The van der Waals surface area contributed by atoms with Gasteiger partial charge >= 0.3 is 5.69 Å². The molecule has 0 spiro atoms. The van der Waals surface area contributed by atoms with Gasteiger partial charge in [0.2, 0.25) is 0 Å². The van der Waals surface area contributed by atoms with Crippen LogP contribution in [0.1, 0.15) is 16.8 Å². The molecule has 0 saturated heterocycles.